The number of hydrogen-bond acceptors (Lipinski definition) is 5. The lowest BCUT2D eigenvalue weighted by Gasteiger charge is -2.28. The molecule has 26 heavy (non-hydrogen) atoms. The minimum absolute atomic E-state index is 0.00792. The molecule has 1 aromatic carbocycles. The molecule has 0 radical (unpaired) electrons. The molecule has 2 rings (SSSR count). The highest BCUT2D eigenvalue weighted by Crippen LogP contribution is 2.25. The van der Waals surface area contributed by atoms with Crippen molar-refractivity contribution in [3.63, 3.8) is 0 Å². The van der Waals surface area contributed by atoms with Gasteiger partial charge < -0.3 is 5.32 Å². The van der Waals surface area contributed by atoms with E-state index < -0.39 is 10.8 Å². The van der Waals surface area contributed by atoms with Crippen LogP contribution >= 0.6 is 11.8 Å². The van der Waals surface area contributed by atoms with Gasteiger partial charge in [0, 0.05) is 11.3 Å². The van der Waals surface area contributed by atoms with Crippen LogP contribution in [0.2, 0.25) is 0 Å². The van der Waals surface area contributed by atoms with Crippen LogP contribution in [0.4, 0.5) is 0 Å². The summed E-state index contributed by atoms with van der Waals surface area (Å²) in [7, 11) is 0. The molecule has 0 aliphatic rings. The van der Waals surface area contributed by atoms with E-state index in [-0.39, 0.29) is 11.8 Å². The van der Waals surface area contributed by atoms with E-state index in [9.17, 15) is 10.1 Å². The van der Waals surface area contributed by atoms with E-state index >= 15 is 0 Å². The lowest BCUT2D eigenvalue weighted by molar-refractivity contribution is -0.121. The topological polar surface area (TPSA) is 78.7 Å². The Hall–Kier alpha value is -2.39. The van der Waals surface area contributed by atoms with Gasteiger partial charge in [0.2, 0.25) is 5.91 Å². The maximum Gasteiger partial charge on any atom is 0.234 e. The Kier molecular flexibility index (Phi) is 6.38. The zero-order chi connectivity index (χ0) is 19.3. The van der Waals surface area contributed by atoms with Crippen molar-refractivity contribution >= 4 is 17.7 Å². The molecular formula is C20H24N4OS. The molecule has 1 N–H and O–H groups in total. The summed E-state index contributed by atoms with van der Waals surface area (Å²) in [5, 5.41) is 12.4. The first-order valence-electron chi connectivity index (χ1n) is 8.56. The Morgan fingerprint density at radius 2 is 1.88 bits per heavy atom. The molecule has 0 spiro atoms. The van der Waals surface area contributed by atoms with Gasteiger partial charge in [0.1, 0.15) is 5.54 Å². The summed E-state index contributed by atoms with van der Waals surface area (Å²) in [6.07, 6.45) is 0. The SMILES string of the molecule is Cc1cc(-c2ccccc2)nc(S[C@H](C)C(=O)N[C@@](C)(C#N)C(C)C)n1. The molecule has 6 heteroatoms. The lowest BCUT2D eigenvalue weighted by atomic mass is 9.90. The van der Waals surface area contributed by atoms with Crippen LogP contribution in [0.15, 0.2) is 41.6 Å². The van der Waals surface area contributed by atoms with E-state index in [1.807, 2.05) is 57.2 Å². The number of nitrogens with one attached hydrogen (secondary N) is 1. The zero-order valence-electron chi connectivity index (χ0n) is 15.8. The molecule has 1 amide bonds. The third kappa shape index (κ3) is 4.83. The lowest BCUT2D eigenvalue weighted by Crippen LogP contribution is -2.51. The Morgan fingerprint density at radius 1 is 1.23 bits per heavy atom. The third-order valence-corrected chi connectivity index (χ3v) is 5.29. The molecule has 0 aliphatic heterocycles. The molecule has 2 aromatic rings. The summed E-state index contributed by atoms with van der Waals surface area (Å²) in [5.41, 5.74) is 1.79. The number of hydrogen-bond donors (Lipinski definition) is 1. The fraction of sp³-hybridized carbons (Fsp3) is 0.400. The molecule has 1 heterocycles. The first-order valence-corrected chi connectivity index (χ1v) is 9.44. The molecule has 136 valence electrons. The van der Waals surface area contributed by atoms with Gasteiger partial charge in [0.05, 0.1) is 17.0 Å². The van der Waals surface area contributed by atoms with Gasteiger partial charge in [-0.25, -0.2) is 9.97 Å². The second kappa shape index (κ2) is 8.33. The molecule has 0 unspecified atom stereocenters. The largest absolute Gasteiger partial charge is 0.337 e. The number of carbonyl (C=O) groups is 1. The van der Waals surface area contributed by atoms with Crippen LogP contribution in [0.1, 0.15) is 33.4 Å². The molecule has 0 saturated carbocycles. The van der Waals surface area contributed by atoms with Gasteiger partial charge in [0.25, 0.3) is 0 Å². The molecule has 0 saturated heterocycles. The molecule has 5 nitrogen and oxygen atoms in total. The monoisotopic (exact) mass is 368 g/mol. The highest BCUT2D eigenvalue weighted by atomic mass is 32.2. The fourth-order valence-corrected chi connectivity index (χ4v) is 3.05. The van der Waals surface area contributed by atoms with Gasteiger partial charge in [-0.3, -0.25) is 4.79 Å². The number of aromatic nitrogens is 2. The number of aryl methyl sites for hydroxylation is 1. The van der Waals surface area contributed by atoms with E-state index in [1.54, 1.807) is 13.8 Å². The van der Waals surface area contributed by atoms with Crippen molar-refractivity contribution in [1.82, 2.24) is 15.3 Å². The average Bonchev–Trinajstić information content (AvgIpc) is 2.61. The van der Waals surface area contributed by atoms with Crippen LogP contribution in [0, 0.1) is 24.2 Å². The quantitative estimate of drug-likeness (QED) is 0.616. The van der Waals surface area contributed by atoms with Gasteiger partial charge in [-0.2, -0.15) is 5.26 Å². The number of nitrogens with zero attached hydrogens (tertiary/aromatic N) is 3. The molecule has 0 fully saturated rings. The van der Waals surface area contributed by atoms with Crippen molar-refractivity contribution in [2.75, 3.05) is 0 Å². The Balaban J connectivity index is 2.17. The number of rotatable bonds is 6. The normalized spacial score (nSPS) is 14.3. The minimum atomic E-state index is -0.894. The standard InChI is InChI=1S/C20H24N4OS/c1-13(2)20(5,12-21)24-18(25)15(4)26-19-22-14(3)11-17(23-19)16-9-7-6-8-10-16/h6-11,13,15H,1-5H3,(H,24,25)/t15-,20+/m1/s1. The number of nitriles is 1. The van der Waals surface area contributed by atoms with Crippen molar-refractivity contribution < 1.29 is 4.79 Å². The van der Waals surface area contributed by atoms with Crippen molar-refractivity contribution in [3.05, 3.63) is 42.1 Å². The fourth-order valence-electron chi connectivity index (χ4n) is 2.22. The molecule has 0 bridgehead atoms. The predicted molar refractivity (Wildman–Crippen MR) is 105 cm³/mol. The van der Waals surface area contributed by atoms with Crippen molar-refractivity contribution in [2.45, 2.75) is 50.6 Å². The molecule has 0 aliphatic carbocycles. The van der Waals surface area contributed by atoms with Crippen LogP contribution in [0.3, 0.4) is 0 Å². The van der Waals surface area contributed by atoms with Crippen LogP contribution in [-0.2, 0) is 4.79 Å². The minimum Gasteiger partial charge on any atom is -0.337 e. The Bertz CT molecular complexity index is 816. The molecule has 2 atom stereocenters. The van der Waals surface area contributed by atoms with Crippen molar-refractivity contribution in [3.8, 4) is 17.3 Å². The number of thioether (sulfide) groups is 1. The van der Waals surface area contributed by atoms with E-state index in [0.717, 1.165) is 17.0 Å². The van der Waals surface area contributed by atoms with Gasteiger partial charge in [-0.15, -0.1) is 0 Å². The van der Waals surface area contributed by atoms with Crippen LogP contribution in [-0.4, -0.2) is 26.7 Å². The predicted octanol–water partition coefficient (Wildman–Crippen LogP) is 3.99. The van der Waals surface area contributed by atoms with Crippen molar-refractivity contribution in [1.29, 1.82) is 5.26 Å². The highest BCUT2D eigenvalue weighted by Gasteiger charge is 2.32. The third-order valence-electron chi connectivity index (χ3n) is 4.32. The maximum atomic E-state index is 12.5. The van der Waals surface area contributed by atoms with E-state index in [0.29, 0.717) is 5.16 Å². The van der Waals surface area contributed by atoms with Gasteiger partial charge >= 0.3 is 0 Å². The van der Waals surface area contributed by atoms with Crippen molar-refractivity contribution in [2.24, 2.45) is 5.92 Å². The number of amides is 1. The first kappa shape index (κ1) is 19.9. The summed E-state index contributed by atoms with van der Waals surface area (Å²) >= 11 is 1.29. The van der Waals surface area contributed by atoms with Crippen LogP contribution in [0.5, 0.6) is 0 Å². The van der Waals surface area contributed by atoms with E-state index in [2.05, 4.69) is 21.4 Å². The second-order valence-corrected chi connectivity index (χ2v) is 8.07. The second-order valence-electron chi connectivity index (χ2n) is 6.76. The summed E-state index contributed by atoms with van der Waals surface area (Å²) < 4.78 is 0. The van der Waals surface area contributed by atoms with E-state index in [4.69, 9.17) is 0 Å². The van der Waals surface area contributed by atoms with Crippen LogP contribution in [0.25, 0.3) is 11.3 Å². The first-order chi connectivity index (χ1) is 12.2. The Labute approximate surface area is 159 Å². The average molecular weight is 369 g/mol. The van der Waals surface area contributed by atoms with E-state index in [1.165, 1.54) is 11.8 Å². The summed E-state index contributed by atoms with van der Waals surface area (Å²) in [6.45, 7) is 9.28. The Morgan fingerprint density at radius 3 is 2.46 bits per heavy atom. The maximum absolute atomic E-state index is 12.5. The zero-order valence-corrected chi connectivity index (χ0v) is 16.6. The van der Waals surface area contributed by atoms with Gasteiger partial charge in [0.15, 0.2) is 5.16 Å². The number of benzene rings is 1. The molecule has 1 aromatic heterocycles. The summed E-state index contributed by atoms with van der Waals surface area (Å²) in [5.74, 6) is -0.187. The van der Waals surface area contributed by atoms with Gasteiger partial charge in [-0.1, -0.05) is 55.9 Å². The highest BCUT2D eigenvalue weighted by molar-refractivity contribution is 8.00. The van der Waals surface area contributed by atoms with Crippen LogP contribution < -0.4 is 5.32 Å². The smallest absolute Gasteiger partial charge is 0.234 e. The summed E-state index contributed by atoms with van der Waals surface area (Å²) in [6, 6.07) is 14.0. The molecular weight excluding hydrogens is 344 g/mol. The van der Waals surface area contributed by atoms with Gasteiger partial charge in [-0.05, 0) is 32.8 Å². The summed E-state index contributed by atoms with van der Waals surface area (Å²) in [4.78, 5) is 21.6. The number of carbonyl (C=O) groups excluding carboxylic acids is 1.